The van der Waals surface area contributed by atoms with Crippen LogP contribution in [0, 0.1) is 12.8 Å². The molecular formula is C22H27N3O2. The average molecular weight is 365 g/mol. The fourth-order valence-electron chi connectivity index (χ4n) is 3.29. The minimum absolute atomic E-state index is 0.0183. The summed E-state index contributed by atoms with van der Waals surface area (Å²) in [5.74, 6) is -0.351. The number of fused-ring (bicyclic) bond motifs is 1. The zero-order valence-electron chi connectivity index (χ0n) is 16.1. The number of amides is 2. The van der Waals surface area contributed by atoms with Crippen molar-refractivity contribution in [3.05, 3.63) is 65.2 Å². The van der Waals surface area contributed by atoms with Gasteiger partial charge in [0.05, 0.1) is 6.04 Å². The van der Waals surface area contributed by atoms with E-state index < -0.39 is 6.04 Å². The molecule has 0 aliphatic carbocycles. The van der Waals surface area contributed by atoms with Crippen molar-refractivity contribution < 1.29 is 9.59 Å². The van der Waals surface area contributed by atoms with Gasteiger partial charge >= 0.3 is 0 Å². The Morgan fingerprint density at radius 3 is 2.37 bits per heavy atom. The van der Waals surface area contributed by atoms with Crippen molar-refractivity contribution in [2.45, 2.75) is 45.8 Å². The van der Waals surface area contributed by atoms with Gasteiger partial charge in [-0.1, -0.05) is 55.8 Å². The third kappa shape index (κ3) is 4.74. The van der Waals surface area contributed by atoms with Gasteiger partial charge in [0.2, 0.25) is 11.8 Å². The van der Waals surface area contributed by atoms with Crippen molar-refractivity contribution >= 4 is 17.5 Å². The van der Waals surface area contributed by atoms with Gasteiger partial charge in [-0.3, -0.25) is 9.59 Å². The molecule has 2 aromatic carbocycles. The Labute approximate surface area is 160 Å². The summed E-state index contributed by atoms with van der Waals surface area (Å²) >= 11 is 0. The molecule has 1 aliphatic heterocycles. The van der Waals surface area contributed by atoms with Crippen LogP contribution in [0.3, 0.4) is 0 Å². The van der Waals surface area contributed by atoms with Crippen molar-refractivity contribution in [2.75, 3.05) is 5.32 Å². The number of anilines is 1. The first-order valence-corrected chi connectivity index (χ1v) is 9.42. The predicted molar refractivity (Wildman–Crippen MR) is 107 cm³/mol. The molecule has 2 atom stereocenters. The third-order valence-corrected chi connectivity index (χ3v) is 4.96. The molecule has 0 saturated heterocycles. The van der Waals surface area contributed by atoms with Gasteiger partial charge in [0.1, 0.15) is 6.04 Å². The quantitative estimate of drug-likeness (QED) is 0.763. The highest BCUT2D eigenvalue weighted by atomic mass is 16.2. The second kappa shape index (κ2) is 8.35. The normalized spacial score (nSPS) is 17.1. The zero-order chi connectivity index (χ0) is 19.4. The van der Waals surface area contributed by atoms with Crippen LogP contribution in [-0.4, -0.2) is 23.9 Å². The van der Waals surface area contributed by atoms with Gasteiger partial charge in [-0.15, -0.1) is 0 Å². The number of carbonyl (C=O) groups excluding carboxylic acids is 2. The second-order valence-corrected chi connectivity index (χ2v) is 7.49. The molecule has 0 bridgehead atoms. The van der Waals surface area contributed by atoms with Crippen LogP contribution in [0.15, 0.2) is 48.5 Å². The van der Waals surface area contributed by atoms with Crippen LogP contribution in [-0.2, 0) is 22.6 Å². The number of rotatable bonds is 5. The SMILES string of the molecule is Cc1ccc(NC(=O)[C@@H](NC(=O)[C@@H]2Cc3ccccc3CN2)C(C)C)cc1. The minimum Gasteiger partial charge on any atom is -0.343 e. The van der Waals surface area contributed by atoms with Crippen LogP contribution in [0.25, 0.3) is 0 Å². The summed E-state index contributed by atoms with van der Waals surface area (Å²) < 4.78 is 0. The average Bonchev–Trinajstić information content (AvgIpc) is 2.67. The standard InChI is InChI=1S/C22H27N3O2/c1-14(2)20(22(27)24-18-10-8-15(3)9-11-18)25-21(26)19-12-16-6-4-5-7-17(16)13-23-19/h4-11,14,19-20,23H,12-13H2,1-3H3,(H,24,27)(H,25,26)/t19-,20-/m0/s1. The molecule has 27 heavy (non-hydrogen) atoms. The van der Waals surface area contributed by atoms with Crippen molar-refractivity contribution in [1.29, 1.82) is 0 Å². The monoisotopic (exact) mass is 365 g/mol. The van der Waals surface area contributed by atoms with E-state index in [0.717, 1.165) is 11.3 Å². The van der Waals surface area contributed by atoms with Gasteiger partial charge < -0.3 is 16.0 Å². The molecule has 1 heterocycles. The summed E-state index contributed by atoms with van der Waals surface area (Å²) in [6, 6.07) is 14.8. The second-order valence-electron chi connectivity index (χ2n) is 7.49. The van der Waals surface area contributed by atoms with Gasteiger partial charge in [-0.25, -0.2) is 0 Å². The molecule has 0 fully saturated rings. The molecule has 5 nitrogen and oxygen atoms in total. The van der Waals surface area contributed by atoms with Crippen molar-refractivity contribution in [1.82, 2.24) is 10.6 Å². The first-order valence-electron chi connectivity index (χ1n) is 9.42. The Morgan fingerprint density at radius 1 is 1.04 bits per heavy atom. The number of benzene rings is 2. The number of hydrogen-bond acceptors (Lipinski definition) is 3. The summed E-state index contributed by atoms with van der Waals surface area (Å²) in [6.45, 7) is 6.53. The summed E-state index contributed by atoms with van der Waals surface area (Å²) in [7, 11) is 0. The Morgan fingerprint density at radius 2 is 1.70 bits per heavy atom. The van der Waals surface area contributed by atoms with Crippen LogP contribution in [0.4, 0.5) is 5.69 Å². The van der Waals surface area contributed by atoms with Crippen LogP contribution in [0.2, 0.25) is 0 Å². The Hall–Kier alpha value is -2.66. The number of nitrogens with one attached hydrogen (secondary N) is 3. The molecule has 0 aromatic heterocycles. The lowest BCUT2D eigenvalue weighted by molar-refractivity contribution is -0.128. The summed E-state index contributed by atoms with van der Waals surface area (Å²) in [5, 5.41) is 9.11. The highest BCUT2D eigenvalue weighted by Gasteiger charge is 2.29. The maximum absolute atomic E-state index is 12.8. The van der Waals surface area contributed by atoms with E-state index in [1.807, 2.05) is 57.2 Å². The molecule has 0 spiro atoms. The molecule has 0 unspecified atom stereocenters. The topological polar surface area (TPSA) is 70.2 Å². The van der Waals surface area contributed by atoms with E-state index in [1.165, 1.54) is 11.1 Å². The van der Waals surface area contributed by atoms with Crippen LogP contribution >= 0.6 is 0 Å². The molecule has 5 heteroatoms. The van der Waals surface area contributed by atoms with Crippen LogP contribution in [0.1, 0.15) is 30.5 Å². The molecule has 3 N–H and O–H groups in total. The largest absolute Gasteiger partial charge is 0.343 e. The van der Waals surface area contributed by atoms with E-state index >= 15 is 0 Å². The summed E-state index contributed by atoms with van der Waals surface area (Å²) in [4.78, 5) is 25.5. The molecule has 0 radical (unpaired) electrons. The molecule has 2 aromatic rings. The van der Waals surface area contributed by atoms with Gasteiger partial charge in [0.15, 0.2) is 0 Å². The number of carbonyl (C=O) groups is 2. The van der Waals surface area contributed by atoms with E-state index in [2.05, 4.69) is 28.1 Å². The molecule has 2 amide bonds. The molecule has 142 valence electrons. The third-order valence-electron chi connectivity index (χ3n) is 4.96. The van der Waals surface area contributed by atoms with E-state index in [0.29, 0.717) is 13.0 Å². The molecule has 1 aliphatic rings. The van der Waals surface area contributed by atoms with Crippen LogP contribution in [0.5, 0.6) is 0 Å². The molecule has 3 rings (SSSR count). The lowest BCUT2D eigenvalue weighted by atomic mass is 9.94. The van der Waals surface area contributed by atoms with E-state index in [9.17, 15) is 9.59 Å². The predicted octanol–water partition coefficient (Wildman–Crippen LogP) is 2.79. The zero-order valence-corrected chi connectivity index (χ0v) is 16.1. The van der Waals surface area contributed by atoms with E-state index in [4.69, 9.17) is 0 Å². The van der Waals surface area contributed by atoms with E-state index in [1.54, 1.807) is 0 Å². The van der Waals surface area contributed by atoms with Gasteiger partial charge in [-0.2, -0.15) is 0 Å². The smallest absolute Gasteiger partial charge is 0.247 e. The Kier molecular flexibility index (Phi) is 5.91. The highest BCUT2D eigenvalue weighted by molar-refractivity contribution is 5.98. The summed E-state index contributed by atoms with van der Waals surface area (Å²) in [5.41, 5.74) is 4.27. The minimum atomic E-state index is -0.585. The number of hydrogen-bond donors (Lipinski definition) is 3. The fraction of sp³-hybridized carbons (Fsp3) is 0.364. The lowest BCUT2D eigenvalue weighted by Crippen LogP contribution is -2.54. The van der Waals surface area contributed by atoms with Gasteiger partial charge in [0, 0.05) is 12.2 Å². The van der Waals surface area contributed by atoms with Crippen LogP contribution < -0.4 is 16.0 Å². The fourth-order valence-corrected chi connectivity index (χ4v) is 3.29. The van der Waals surface area contributed by atoms with Crippen molar-refractivity contribution in [3.63, 3.8) is 0 Å². The van der Waals surface area contributed by atoms with Crippen molar-refractivity contribution in [3.8, 4) is 0 Å². The lowest BCUT2D eigenvalue weighted by Gasteiger charge is -2.28. The maximum Gasteiger partial charge on any atom is 0.247 e. The summed E-state index contributed by atoms with van der Waals surface area (Å²) in [6.07, 6.45) is 0.631. The molecular weight excluding hydrogens is 338 g/mol. The maximum atomic E-state index is 12.8. The first kappa shape index (κ1) is 19.1. The highest BCUT2D eigenvalue weighted by Crippen LogP contribution is 2.17. The van der Waals surface area contributed by atoms with Gasteiger partial charge in [-0.05, 0) is 42.5 Å². The first-order chi connectivity index (χ1) is 12.9. The number of aryl methyl sites for hydroxylation is 1. The van der Waals surface area contributed by atoms with Gasteiger partial charge in [0.25, 0.3) is 0 Å². The Bertz CT molecular complexity index is 815. The molecule has 0 saturated carbocycles. The Balaban J connectivity index is 1.64. The van der Waals surface area contributed by atoms with E-state index in [-0.39, 0.29) is 23.8 Å². The van der Waals surface area contributed by atoms with Crippen molar-refractivity contribution in [2.24, 2.45) is 5.92 Å².